The van der Waals surface area contributed by atoms with Crippen molar-refractivity contribution in [1.82, 2.24) is 5.32 Å². The maximum atomic E-state index is 13.4. The highest BCUT2D eigenvalue weighted by molar-refractivity contribution is 9.10. The summed E-state index contributed by atoms with van der Waals surface area (Å²) in [5, 5.41) is 3.23. The molecule has 1 aromatic rings. The lowest BCUT2D eigenvalue weighted by atomic mass is 10.1. The summed E-state index contributed by atoms with van der Waals surface area (Å²) in [5.74, 6) is -0.728. The first-order chi connectivity index (χ1) is 9.16. The molecule has 1 aromatic carbocycles. The molecule has 0 amide bonds. The number of benzene rings is 1. The van der Waals surface area contributed by atoms with Crippen LogP contribution in [-0.4, -0.2) is 32.9 Å². The van der Waals surface area contributed by atoms with Crippen molar-refractivity contribution >= 4 is 15.9 Å². The van der Waals surface area contributed by atoms with Crippen molar-refractivity contribution in [2.75, 3.05) is 32.9 Å². The van der Waals surface area contributed by atoms with Crippen LogP contribution in [0.5, 0.6) is 5.75 Å². The van der Waals surface area contributed by atoms with Crippen molar-refractivity contribution in [2.24, 2.45) is 5.92 Å². The number of hydrogen-bond acceptors (Lipinski definition) is 3. The number of nitrogens with one attached hydrogen (secondary N) is 1. The highest BCUT2D eigenvalue weighted by atomic mass is 79.9. The Bertz CT molecular complexity index is 402. The van der Waals surface area contributed by atoms with Crippen LogP contribution in [-0.2, 0) is 4.74 Å². The van der Waals surface area contributed by atoms with E-state index in [2.05, 4.69) is 21.2 Å². The molecule has 0 saturated carbocycles. The van der Waals surface area contributed by atoms with Gasteiger partial charge in [-0.05, 0) is 34.3 Å². The minimum absolute atomic E-state index is 0.0485. The first-order valence-electron chi connectivity index (χ1n) is 6.22. The Kier molecular flexibility index (Phi) is 5.54. The second-order valence-electron chi connectivity index (χ2n) is 4.48. The molecule has 0 aromatic heterocycles. The number of hydrogen-bond donors (Lipinski definition) is 1. The van der Waals surface area contributed by atoms with Crippen molar-refractivity contribution in [2.45, 2.75) is 6.42 Å². The Morgan fingerprint density at radius 3 is 2.95 bits per heavy atom. The normalized spacial score (nSPS) is 18.8. The van der Waals surface area contributed by atoms with Crippen molar-refractivity contribution in [3.05, 3.63) is 28.2 Å². The van der Waals surface area contributed by atoms with Gasteiger partial charge < -0.3 is 14.8 Å². The summed E-state index contributed by atoms with van der Waals surface area (Å²) in [4.78, 5) is 0. The van der Waals surface area contributed by atoms with E-state index >= 15 is 0 Å². The predicted octanol–water partition coefficient (Wildman–Crippen LogP) is 2.73. The van der Waals surface area contributed by atoms with Crippen LogP contribution in [0.25, 0.3) is 0 Å². The Balaban J connectivity index is 1.70. The Hall–Kier alpha value is -0.720. The van der Waals surface area contributed by atoms with Gasteiger partial charge in [-0.1, -0.05) is 0 Å². The summed E-state index contributed by atoms with van der Waals surface area (Å²) in [6, 6.07) is 1.99. The quantitative estimate of drug-likeness (QED) is 0.811. The molecule has 19 heavy (non-hydrogen) atoms. The SMILES string of the molecule is Fc1cc(F)c(OCCNCC2CCOC2)c(Br)c1. The zero-order valence-electron chi connectivity index (χ0n) is 10.4. The predicted molar refractivity (Wildman–Crippen MR) is 71.3 cm³/mol. The summed E-state index contributed by atoms with van der Waals surface area (Å²) >= 11 is 3.08. The molecule has 1 fully saturated rings. The zero-order valence-corrected chi connectivity index (χ0v) is 12.0. The van der Waals surface area contributed by atoms with Crippen molar-refractivity contribution in [1.29, 1.82) is 0 Å². The average molecular weight is 336 g/mol. The van der Waals surface area contributed by atoms with E-state index in [-0.39, 0.29) is 10.2 Å². The van der Waals surface area contributed by atoms with E-state index in [4.69, 9.17) is 9.47 Å². The van der Waals surface area contributed by atoms with Gasteiger partial charge in [0.25, 0.3) is 0 Å². The van der Waals surface area contributed by atoms with Gasteiger partial charge in [-0.3, -0.25) is 0 Å². The maximum Gasteiger partial charge on any atom is 0.169 e. The van der Waals surface area contributed by atoms with Gasteiger partial charge in [-0.15, -0.1) is 0 Å². The molecule has 1 saturated heterocycles. The third-order valence-corrected chi connectivity index (χ3v) is 3.53. The highest BCUT2D eigenvalue weighted by Crippen LogP contribution is 2.29. The van der Waals surface area contributed by atoms with Crippen molar-refractivity contribution in [3.63, 3.8) is 0 Å². The van der Waals surface area contributed by atoms with Crippen LogP contribution in [0, 0.1) is 17.6 Å². The molecule has 0 spiro atoms. The molecule has 0 radical (unpaired) electrons. The van der Waals surface area contributed by atoms with Gasteiger partial charge in [0.15, 0.2) is 11.6 Å². The lowest BCUT2D eigenvalue weighted by Gasteiger charge is -2.12. The van der Waals surface area contributed by atoms with Gasteiger partial charge in [0, 0.05) is 25.8 Å². The molecule has 106 valence electrons. The Morgan fingerprint density at radius 2 is 2.26 bits per heavy atom. The molecule has 1 atom stereocenters. The number of ether oxygens (including phenoxy) is 2. The first-order valence-corrected chi connectivity index (χ1v) is 7.02. The van der Waals surface area contributed by atoms with E-state index in [9.17, 15) is 8.78 Å². The molecule has 1 heterocycles. The topological polar surface area (TPSA) is 30.5 Å². The standard InChI is InChI=1S/C13H16BrF2NO2/c14-11-5-10(15)6-12(16)13(11)19-4-2-17-7-9-1-3-18-8-9/h5-6,9,17H,1-4,7-8H2. The minimum Gasteiger partial charge on any atom is -0.488 e. The van der Waals surface area contributed by atoms with Crippen molar-refractivity contribution < 1.29 is 18.3 Å². The third-order valence-electron chi connectivity index (χ3n) is 2.95. The first kappa shape index (κ1) is 14.7. The lowest BCUT2D eigenvalue weighted by Crippen LogP contribution is -2.27. The highest BCUT2D eigenvalue weighted by Gasteiger charge is 2.15. The van der Waals surface area contributed by atoms with Crippen LogP contribution in [0.15, 0.2) is 16.6 Å². The van der Waals surface area contributed by atoms with E-state index in [1.54, 1.807) is 0 Å². The van der Waals surface area contributed by atoms with Gasteiger partial charge in [0.2, 0.25) is 0 Å². The summed E-state index contributed by atoms with van der Waals surface area (Å²) in [6.07, 6.45) is 1.08. The van der Waals surface area contributed by atoms with E-state index in [1.807, 2.05) is 0 Å². The number of halogens is 3. The van der Waals surface area contributed by atoms with Gasteiger partial charge in [0.1, 0.15) is 12.4 Å². The Morgan fingerprint density at radius 1 is 1.42 bits per heavy atom. The fourth-order valence-corrected chi connectivity index (χ4v) is 2.47. The van der Waals surface area contributed by atoms with Gasteiger partial charge in [0.05, 0.1) is 11.1 Å². The molecule has 3 nitrogen and oxygen atoms in total. The van der Waals surface area contributed by atoms with E-state index < -0.39 is 11.6 Å². The zero-order chi connectivity index (χ0) is 13.7. The van der Waals surface area contributed by atoms with Gasteiger partial charge >= 0.3 is 0 Å². The van der Waals surface area contributed by atoms with E-state index in [0.29, 0.717) is 19.1 Å². The summed E-state index contributed by atoms with van der Waals surface area (Å²) < 4.78 is 37.2. The molecule has 1 aliphatic rings. The van der Waals surface area contributed by atoms with Crippen LogP contribution >= 0.6 is 15.9 Å². The van der Waals surface area contributed by atoms with E-state index in [1.165, 1.54) is 6.07 Å². The second-order valence-corrected chi connectivity index (χ2v) is 5.34. The fraction of sp³-hybridized carbons (Fsp3) is 0.538. The van der Waals surface area contributed by atoms with Gasteiger partial charge in [-0.25, -0.2) is 8.78 Å². The Labute approximate surface area is 119 Å². The molecular formula is C13H16BrF2NO2. The molecule has 1 aliphatic heterocycles. The third kappa shape index (κ3) is 4.40. The molecule has 0 aliphatic carbocycles. The largest absolute Gasteiger partial charge is 0.488 e. The van der Waals surface area contributed by atoms with Crippen LogP contribution in [0.3, 0.4) is 0 Å². The fourth-order valence-electron chi connectivity index (χ4n) is 1.94. The summed E-state index contributed by atoms with van der Waals surface area (Å²) in [6.45, 7) is 3.44. The molecule has 1 unspecified atom stereocenters. The van der Waals surface area contributed by atoms with Crippen LogP contribution in [0.2, 0.25) is 0 Å². The minimum atomic E-state index is -0.698. The average Bonchev–Trinajstić information content (AvgIpc) is 2.84. The molecule has 6 heteroatoms. The van der Waals surface area contributed by atoms with Crippen LogP contribution in [0.1, 0.15) is 6.42 Å². The van der Waals surface area contributed by atoms with Crippen LogP contribution < -0.4 is 10.1 Å². The number of rotatable bonds is 6. The van der Waals surface area contributed by atoms with Crippen molar-refractivity contribution in [3.8, 4) is 5.75 Å². The molecular weight excluding hydrogens is 320 g/mol. The molecule has 2 rings (SSSR count). The maximum absolute atomic E-state index is 13.4. The summed E-state index contributed by atoms with van der Waals surface area (Å²) in [5.41, 5.74) is 0. The molecule has 0 bridgehead atoms. The lowest BCUT2D eigenvalue weighted by molar-refractivity contribution is 0.184. The van der Waals surface area contributed by atoms with E-state index in [0.717, 1.165) is 32.2 Å². The monoisotopic (exact) mass is 335 g/mol. The van der Waals surface area contributed by atoms with Crippen LogP contribution in [0.4, 0.5) is 8.78 Å². The summed E-state index contributed by atoms with van der Waals surface area (Å²) in [7, 11) is 0. The van der Waals surface area contributed by atoms with Gasteiger partial charge in [-0.2, -0.15) is 0 Å². The second kappa shape index (κ2) is 7.17. The molecule has 1 N–H and O–H groups in total. The smallest absolute Gasteiger partial charge is 0.169 e.